The van der Waals surface area contributed by atoms with Crippen LogP contribution in [0.4, 0.5) is 34.1 Å². The summed E-state index contributed by atoms with van der Waals surface area (Å²) in [4.78, 5) is 4.65. The molecule has 14 aromatic carbocycles. The van der Waals surface area contributed by atoms with Gasteiger partial charge in [-0.15, -0.1) is 0 Å². The molecule has 0 saturated carbocycles. The Labute approximate surface area is 454 Å². The van der Waals surface area contributed by atoms with Crippen LogP contribution in [0.5, 0.6) is 0 Å². The van der Waals surface area contributed by atoms with Gasteiger partial charge in [0.1, 0.15) is 0 Å². The number of anilines is 6. The van der Waals surface area contributed by atoms with Gasteiger partial charge < -0.3 is 9.80 Å². The second-order valence-electron chi connectivity index (χ2n) is 21.7. The van der Waals surface area contributed by atoms with E-state index in [9.17, 15) is 0 Å². The van der Waals surface area contributed by atoms with E-state index in [2.05, 4.69) is 265 Å². The van der Waals surface area contributed by atoms with Gasteiger partial charge in [0.2, 0.25) is 0 Å². The summed E-state index contributed by atoms with van der Waals surface area (Å²) >= 11 is 0. The highest BCUT2D eigenvalue weighted by molar-refractivity contribution is 6.43. The normalized spacial score (nSPS) is 13.5. The predicted molar refractivity (Wildman–Crippen MR) is 336 cm³/mol. The quantitative estimate of drug-likeness (QED) is 0.0765. The molecule has 2 aliphatic rings. The van der Waals surface area contributed by atoms with E-state index in [1.54, 1.807) is 0 Å². The maximum atomic E-state index is 2.54. The van der Waals surface area contributed by atoms with Crippen LogP contribution in [0, 0.1) is 0 Å². The van der Waals surface area contributed by atoms with Crippen molar-refractivity contribution in [3.63, 3.8) is 0 Å². The Hall–Kier alpha value is -9.50. The van der Waals surface area contributed by atoms with Gasteiger partial charge in [-0.1, -0.05) is 170 Å². The van der Waals surface area contributed by atoms with Crippen molar-refractivity contribution in [1.29, 1.82) is 0 Å². The fraction of sp³-hybridized carbons (Fsp3) is 0.0789. The van der Waals surface area contributed by atoms with Gasteiger partial charge in [-0.3, -0.25) is 0 Å². The molecule has 0 aromatic heterocycles. The molecule has 0 unspecified atom stereocenters. The lowest BCUT2D eigenvalue weighted by Crippen LogP contribution is -2.09. The van der Waals surface area contributed by atoms with Gasteiger partial charge >= 0.3 is 0 Å². The van der Waals surface area contributed by atoms with Gasteiger partial charge in [-0.05, 0) is 243 Å². The average Bonchev–Trinajstić information content (AvgIpc) is 2.80. The molecule has 0 N–H and O–H groups in total. The summed E-state index contributed by atoms with van der Waals surface area (Å²) in [5.74, 6) is 0. The zero-order chi connectivity index (χ0) is 51.3. The Morgan fingerprint density at radius 2 is 0.538 bits per heavy atom. The predicted octanol–water partition coefficient (Wildman–Crippen LogP) is 20.9. The van der Waals surface area contributed by atoms with Crippen LogP contribution in [-0.2, 0) is 25.7 Å². The van der Waals surface area contributed by atoms with E-state index in [1.165, 1.54) is 133 Å². The SMILES string of the molecule is C(=C\c1cc2c3ccc4c5ccc6c7c(c(/C=C/c8ccc(N(c9ccccc9)c9ccccc9)cc8)cc(c8ccc(c9ccc%10c(c1CCC%10)c92)c3c48)c75)CCC6)/c1ccc(N(c2ccccc2)c2ccccc2)cc1. The summed E-state index contributed by atoms with van der Waals surface area (Å²) in [5, 5.41) is 19.5. The number of rotatable bonds is 10. The molecule has 2 nitrogen and oxygen atoms in total. The van der Waals surface area contributed by atoms with E-state index in [1.807, 2.05) is 0 Å². The number of hydrogen-bond acceptors (Lipinski definition) is 2. The summed E-state index contributed by atoms with van der Waals surface area (Å²) in [6.45, 7) is 0. The maximum absolute atomic E-state index is 2.54. The van der Waals surface area contributed by atoms with Crippen molar-refractivity contribution in [2.45, 2.75) is 38.5 Å². The molecule has 2 aliphatic carbocycles. The largest absolute Gasteiger partial charge is 0.311 e. The Kier molecular flexibility index (Phi) is 10.4. The highest BCUT2D eigenvalue weighted by atomic mass is 15.1. The summed E-state index contributed by atoms with van der Waals surface area (Å²) in [5.41, 5.74) is 17.8. The maximum Gasteiger partial charge on any atom is 0.0462 e. The average molecular weight is 995 g/mol. The summed E-state index contributed by atoms with van der Waals surface area (Å²) in [6, 6.07) is 85.5. The van der Waals surface area contributed by atoms with Crippen molar-refractivity contribution in [2.24, 2.45) is 0 Å². The van der Waals surface area contributed by atoms with Crippen molar-refractivity contribution >= 4 is 134 Å². The molecule has 78 heavy (non-hydrogen) atoms. The fourth-order valence-electron chi connectivity index (χ4n) is 13.9. The van der Waals surface area contributed by atoms with Gasteiger partial charge in [0.05, 0.1) is 0 Å². The van der Waals surface area contributed by atoms with Crippen LogP contribution in [0.1, 0.15) is 57.3 Å². The van der Waals surface area contributed by atoms with Crippen molar-refractivity contribution in [3.8, 4) is 0 Å². The van der Waals surface area contributed by atoms with Gasteiger partial charge in [0.25, 0.3) is 0 Å². The number of aryl methyl sites for hydroxylation is 4. The molecular weight excluding hydrogens is 941 g/mol. The highest BCUT2D eigenvalue weighted by Gasteiger charge is 2.26. The summed E-state index contributed by atoms with van der Waals surface area (Å²) in [7, 11) is 0. The first-order chi connectivity index (χ1) is 38.7. The third-order valence-electron chi connectivity index (χ3n) is 17.4. The third kappa shape index (κ3) is 7.10. The van der Waals surface area contributed by atoms with E-state index in [0.717, 1.165) is 59.8 Å². The van der Waals surface area contributed by atoms with Crippen LogP contribution in [0.2, 0.25) is 0 Å². The van der Waals surface area contributed by atoms with Crippen LogP contribution in [0.3, 0.4) is 0 Å². The molecular formula is C76H54N2. The van der Waals surface area contributed by atoms with E-state index in [0.29, 0.717) is 0 Å². The first-order valence-corrected chi connectivity index (χ1v) is 27.9. The number of nitrogens with zero attached hydrogens (tertiary/aromatic N) is 2. The minimum absolute atomic E-state index is 1.09. The Balaban J connectivity index is 0.829. The topological polar surface area (TPSA) is 6.48 Å². The van der Waals surface area contributed by atoms with Crippen molar-refractivity contribution in [2.75, 3.05) is 9.80 Å². The molecule has 0 heterocycles. The van der Waals surface area contributed by atoms with Crippen LogP contribution in [0.25, 0.3) is 99.7 Å². The van der Waals surface area contributed by atoms with Crippen LogP contribution in [0.15, 0.2) is 231 Å². The van der Waals surface area contributed by atoms with Gasteiger partial charge in [0.15, 0.2) is 0 Å². The first kappa shape index (κ1) is 44.8. The van der Waals surface area contributed by atoms with E-state index in [4.69, 9.17) is 0 Å². The van der Waals surface area contributed by atoms with E-state index < -0.39 is 0 Å². The van der Waals surface area contributed by atoms with Crippen LogP contribution >= 0.6 is 0 Å². The molecule has 2 heteroatoms. The summed E-state index contributed by atoms with van der Waals surface area (Å²) in [6.07, 6.45) is 16.2. The zero-order valence-electron chi connectivity index (χ0n) is 43.4. The minimum Gasteiger partial charge on any atom is -0.311 e. The third-order valence-corrected chi connectivity index (χ3v) is 17.4. The van der Waals surface area contributed by atoms with Gasteiger partial charge in [0, 0.05) is 34.1 Å². The molecule has 0 radical (unpaired) electrons. The molecule has 0 spiro atoms. The fourth-order valence-corrected chi connectivity index (χ4v) is 13.9. The van der Waals surface area contributed by atoms with Gasteiger partial charge in [-0.2, -0.15) is 0 Å². The second-order valence-corrected chi connectivity index (χ2v) is 21.7. The van der Waals surface area contributed by atoms with Crippen LogP contribution in [-0.4, -0.2) is 0 Å². The minimum atomic E-state index is 1.09. The number of fused-ring (bicyclic) bond motifs is 4. The standard InChI is InChI=1S/C76H54N2/c1-5-17-55(18-6-1)77(56-19-7-2-8-20-56)59-37-29-49(30-38-59)27-33-53-47-69-67-45-43-66-64-42-36-52-16-14-26-62-54(34-28-50-31-39-60(40-32-50)78(57-21-9-3-10-22-57)58-23-11-4-12-24-58)48-70(76(64)72(52)62)68-46-44-65(73(67)74(66)68)63-41-35-51-15-13-25-61(53)71(51)75(63)69/h1-12,17-24,27-48H,13-16,25-26H2/b33-27+,34-28+. The van der Waals surface area contributed by atoms with Crippen molar-refractivity contribution in [1.82, 2.24) is 0 Å². The molecule has 0 atom stereocenters. The lowest BCUT2D eigenvalue weighted by molar-refractivity contribution is 0.807. The second kappa shape index (κ2) is 18.1. The number of hydrogen-bond donors (Lipinski definition) is 0. The monoisotopic (exact) mass is 994 g/mol. The van der Waals surface area contributed by atoms with E-state index >= 15 is 0 Å². The molecule has 16 rings (SSSR count). The molecule has 0 aliphatic heterocycles. The smallest absolute Gasteiger partial charge is 0.0462 e. The molecule has 0 saturated heterocycles. The Morgan fingerprint density at radius 1 is 0.244 bits per heavy atom. The summed E-state index contributed by atoms with van der Waals surface area (Å²) < 4.78 is 0. The lowest BCUT2D eigenvalue weighted by Gasteiger charge is -2.26. The molecule has 368 valence electrons. The van der Waals surface area contributed by atoms with Crippen molar-refractivity contribution < 1.29 is 0 Å². The molecule has 0 fully saturated rings. The Bertz CT molecular complexity index is 4290. The highest BCUT2D eigenvalue weighted by Crippen LogP contribution is 2.51. The van der Waals surface area contributed by atoms with Crippen LogP contribution < -0.4 is 9.80 Å². The zero-order valence-corrected chi connectivity index (χ0v) is 43.4. The number of benzene rings is 14. The molecule has 0 bridgehead atoms. The Morgan fingerprint density at radius 3 is 0.885 bits per heavy atom. The van der Waals surface area contributed by atoms with Crippen molar-refractivity contribution in [3.05, 3.63) is 275 Å². The van der Waals surface area contributed by atoms with Gasteiger partial charge in [-0.25, -0.2) is 0 Å². The molecule has 14 aromatic rings. The first-order valence-electron chi connectivity index (χ1n) is 27.9. The lowest BCUT2D eigenvalue weighted by atomic mass is 9.77. The number of para-hydroxylation sites is 4. The van der Waals surface area contributed by atoms with E-state index in [-0.39, 0.29) is 0 Å². The molecule has 0 amide bonds.